The van der Waals surface area contributed by atoms with Gasteiger partial charge in [0.2, 0.25) is 0 Å². The van der Waals surface area contributed by atoms with Crippen LogP contribution in [0.3, 0.4) is 0 Å². The predicted molar refractivity (Wildman–Crippen MR) is 76.4 cm³/mol. The molecule has 1 aliphatic heterocycles. The number of likely N-dealkylation sites (tertiary alicyclic amines) is 1. The summed E-state index contributed by atoms with van der Waals surface area (Å²) < 4.78 is 3.03. The Morgan fingerprint density at radius 1 is 1.39 bits per heavy atom. The van der Waals surface area contributed by atoms with E-state index in [9.17, 15) is 4.79 Å². The molecule has 1 fully saturated rings. The van der Waals surface area contributed by atoms with Crippen molar-refractivity contribution in [1.82, 2.24) is 8.86 Å². The standard InChI is InChI=1S/C14H18N2OS/c1-2-15-9-5-6-11(15)10-16-14(17)12-7-3-4-8-13(12)18-16/h3-4,7-8,11H,2,5-6,9-10H2,1H3/t11-/m0/s1. The summed E-state index contributed by atoms with van der Waals surface area (Å²) in [4.78, 5) is 14.7. The third-order valence-corrected chi connectivity index (χ3v) is 4.92. The molecule has 0 bridgehead atoms. The molecule has 0 N–H and O–H groups in total. The number of nitrogens with zero attached hydrogens (tertiary/aromatic N) is 2. The molecule has 1 aromatic carbocycles. The van der Waals surface area contributed by atoms with Crippen molar-refractivity contribution in [3.63, 3.8) is 0 Å². The Morgan fingerprint density at radius 3 is 3.00 bits per heavy atom. The van der Waals surface area contributed by atoms with Crippen molar-refractivity contribution in [3.05, 3.63) is 34.6 Å². The molecule has 1 saturated heterocycles. The molecule has 18 heavy (non-hydrogen) atoms. The molecule has 4 heteroatoms. The quantitative estimate of drug-likeness (QED) is 0.849. The van der Waals surface area contributed by atoms with Crippen LogP contribution in [0.2, 0.25) is 0 Å². The fourth-order valence-corrected chi connectivity index (χ4v) is 3.91. The molecule has 2 aromatic rings. The average Bonchev–Trinajstić information content (AvgIpc) is 2.96. The molecule has 3 nitrogen and oxygen atoms in total. The first-order valence-electron chi connectivity index (χ1n) is 6.62. The number of hydrogen-bond acceptors (Lipinski definition) is 3. The van der Waals surface area contributed by atoms with Gasteiger partial charge in [0.25, 0.3) is 5.56 Å². The van der Waals surface area contributed by atoms with Crippen molar-refractivity contribution in [1.29, 1.82) is 0 Å². The van der Waals surface area contributed by atoms with Gasteiger partial charge in [-0.25, -0.2) is 0 Å². The normalized spacial score (nSPS) is 20.8. The Morgan fingerprint density at radius 2 is 2.22 bits per heavy atom. The highest BCUT2D eigenvalue weighted by molar-refractivity contribution is 7.13. The summed E-state index contributed by atoms with van der Waals surface area (Å²) in [5.41, 5.74) is 0.179. The minimum atomic E-state index is 0.179. The summed E-state index contributed by atoms with van der Waals surface area (Å²) >= 11 is 1.60. The van der Waals surface area contributed by atoms with Crippen LogP contribution in [0.15, 0.2) is 29.1 Å². The molecule has 96 valence electrons. The van der Waals surface area contributed by atoms with E-state index in [1.165, 1.54) is 19.4 Å². The zero-order valence-corrected chi connectivity index (χ0v) is 11.4. The van der Waals surface area contributed by atoms with E-state index in [1.807, 2.05) is 28.2 Å². The molecule has 0 radical (unpaired) electrons. The lowest BCUT2D eigenvalue weighted by molar-refractivity contribution is 0.247. The van der Waals surface area contributed by atoms with Gasteiger partial charge in [-0.1, -0.05) is 30.6 Å². The van der Waals surface area contributed by atoms with Crippen LogP contribution in [0.4, 0.5) is 0 Å². The number of fused-ring (bicyclic) bond motifs is 1. The van der Waals surface area contributed by atoms with Crippen LogP contribution in [-0.2, 0) is 6.54 Å². The third-order valence-electron chi connectivity index (χ3n) is 3.83. The van der Waals surface area contributed by atoms with Gasteiger partial charge in [0.15, 0.2) is 0 Å². The Labute approximate surface area is 111 Å². The summed E-state index contributed by atoms with van der Waals surface area (Å²) in [6, 6.07) is 8.44. The van der Waals surface area contributed by atoms with Crippen molar-refractivity contribution in [3.8, 4) is 0 Å². The van der Waals surface area contributed by atoms with Crippen LogP contribution in [-0.4, -0.2) is 28.0 Å². The second kappa shape index (κ2) is 4.86. The summed E-state index contributed by atoms with van der Waals surface area (Å²) in [5.74, 6) is 0. The highest BCUT2D eigenvalue weighted by atomic mass is 32.1. The van der Waals surface area contributed by atoms with Crippen LogP contribution in [0.1, 0.15) is 19.8 Å². The van der Waals surface area contributed by atoms with Crippen LogP contribution >= 0.6 is 11.5 Å². The Hall–Kier alpha value is -1.13. The van der Waals surface area contributed by atoms with Crippen molar-refractivity contribution < 1.29 is 0 Å². The monoisotopic (exact) mass is 262 g/mol. The van der Waals surface area contributed by atoms with Gasteiger partial charge in [-0.05, 0) is 38.1 Å². The van der Waals surface area contributed by atoms with Gasteiger partial charge in [0, 0.05) is 6.04 Å². The largest absolute Gasteiger partial charge is 0.299 e. The average molecular weight is 262 g/mol. The fourth-order valence-electron chi connectivity index (χ4n) is 2.85. The molecular weight excluding hydrogens is 244 g/mol. The van der Waals surface area contributed by atoms with Gasteiger partial charge in [-0.15, -0.1) is 0 Å². The summed E-state index contributed by atoms with van der Waals surface area (Å²) in [6.07, 6.45) is 2.48. The zero-order valence-electron chi connectivity index (χ0n) is 10.6. The predicted octanol–water partition coefficient (Wildman–Crippen LogP) is 2.55. The molecule has 3 rings (SSSR count). The topological polar surface area (TPSA) is 25.2 Å². The van der Waals surface area contributed by atoms with E-state index < -0.39 is 0 Å². The molecule has 0 amide bonds. The van der Waals surface area contributed by atoms with Gasteiger partial charge < -0.3 is 0 Å². The van der Waals surface area contributed by atoms with E-state index >= 15 is 0 Å². The number of aromatic nitrogens is 1. The summed E-state index contributed by atoms with van der Waals surface area (Å²) in [6.45, 7) is 5.32. The molecule has 0 saturated carbocycles. The molecule has 1 aliphatic rings. The highest BCUT2D eigenvalue weighted by Gasteiger charge is 2.24. The van der Waals surface area contributed by atoms with Crippen molar-refractivity contribution in [2.45, 2.75) is 32.4 Å². The minimum Gasteiger partial charge on any atom is -0.299 e. The smallest absolute Gasteiger partial charge is 0.268 e. The second-order valence-corrected chi connectivity index (χ2v) is 5.94. The van der Waals surface area contributed by atoms with E-state index in [4.69, 9.17) is 0 Å². The second-order valence-electron chi connectivity index (χ2n) is 4.88. The Kier molecular flexibility index (Phi) is 3.22. The first-order valence-corrected chi connectivity index (χ1v) is 7.40. The van der Waals surface area contributed by atoms with Crippen molar-refractivity contribution in [2.75, 3.05) is 13.1 Å². The van der Waals surface area contributed by atoms with Crippen LogP contribution in [0.5, 0.6) is 0 Å². The van der Waals surface area contributed by atoms with Gasteiger partial charge in [-0.2, -0.15) is 0 Å². The fraction of sp³-hybridized carbons (Fsp3) is 0.500. The van der Waals surface area contributed by atoms with E-state index in [0.29, 0.717) is 6.04 Å². The van der Waals surface area contributed by atoms with Gasteiger partial charge in [-0.3, -0.25) is 13.7 Å². The van der Waals surface area contributed by atoms with Crippen LogP contribution in [0, 0.1) is 0 Å². The molecule has 0 aliphatic carbocycles. The maximum atomic E-state index is 12.3. The van der Waals surface area contributed by atoms with Crippen LogP contribution in [0.25, 0.3) is 10.1 Å². The van der Waals surface area contributed by atoms with Gasteiger partial charge in [0.1, 0.15) is 0 Å². The SMILES string of the molecule is CCN1CCC[C@H]1Cn1sc2ccccc2c1=O. The number of rotatable bonds is 3. The maximum Gasteiger partial charge on any atom is 0.268 e. The van der Waals surface area contributed by atoms with Crippen molar-refractivity contribution >= 4 is 21.6 Å². The zero-order chi connectivity index (χ0) is 12.5. The first-order chi connectivity index (χ1) is 8.79. The summed E-state index contributed by atoms with van der Waals surface area (Å²) in [7, 11) is 0. The lowest BCUT2D eigenvalue weighted by Crippen LogP contribution is -2.34. The molecule has 1 aromatic heterocycles. The molecule has 0 unspecified atom stereocenters. The lowest BCUT2D eigenvalue weighted by atomic mass is 10.2. The third kappa shape index (κ3) is 1.99. The van der Waals surface area contributed by atoms with Gasteiger partial charge in [0.05, 0.1) is 16.6 Å². The number of hydrogen-bond donors (Lipinski definition) is 0. The van der Waals surface area contributed by atoms with Crippen LogP contribution < -0.4 is 5.56 Å². The first kappa shape index (κ1) is 11.9. The van der Waals surface area contributed by atoms with E-state index in [-0.39, 0.29) is 5.56 Å². The summed E-state index contributed by atoms with van der Waals surface area (Å²) in [5, 5.41) is 0.864. The number of benzene rings is 1. The molecule has 1 atom stereocenters. The molecule has 0 spiro atoms. The minimum absolute atomic E-state index is 0.179. The van der Waals surface area contributed by atoms with Crippen molar-refractivity contribution in [2.24, 2.45) is 0 Å². The Bertz CT molecular complexity index is 601. The van der Waals surface area contributed by atoms with E-state index in [2.05, 4.69) is 11.8 Å². The Balaban J connectivity index is 1.91. The maximum absolute atomic E-state index is 12.3. The lowest BCUT2D eigenvalue weighted by Gasteiger charge is -2.22. The highest BCUT2D eigenvalue weighted by Crippen LogP contribution is 2.21. The van der Waals surface area contributed by atoms with E-state index in [1.54, 1.807) is 11.5 Å². The van der Waals surface area contributed by atoms with E-state index in [0.717, 1.165) is 23.2 Å². The van der Waals surface area contributed by atoms with Gasteiger partial charge >= 0.3 is 0 Å². The molecule has 2 heterocycles. The number of likely N-dealkylation sites (N-methyl/N-ethyl adjacent to an activating group) is 1. The molecular formula is C14H18N2OS.